The van der Waals surface area contributed by atoms with E-state index in [1.807, 2.05) is 0 Å². The second-order valence-corrected chi connectivity index (χ2v) is 7.20. The number of amides is 1. The van der Waals surface area contributed by atoms with Crippen molar-refractivity contribution in [2.24, 2.45) is 0 Å². The molecule has 0 fully saturated rings. The first-order valence-corrected chi connectivity index (χ1v) is 8.10. The van der Waals surface area contributed by atoms with Crippen molar-refractivity contribution >= 4 is 15.9 Å². The summed E-state index contributed by atoms with van der Waals surface area (Å²) < 4.78 is 30.2. The number of carbonyl (C=O) groups is 1. The standard InChI is InChI=1S/C15H18N2O4S/c1-11-8-9-21-14(11)15(18)16-10-12-4-6-13(7-5-12)22(19,20)17(2)3/h4-9H,10H2,1-3H3,(H,16,18). The Balaban J connectivity index is 2.04. The van der Waals surface area contributed by atoms with Gasteiger partial charge in [-0.3, -0.25) is 4.79 Å². The summed E-state index contributed by atoms with van der Waals surface area (Å²) in [6.07, 6.45) is 1.46. The summed E-state index contributed by atoms with van der Waals surface area (Å²) >= 11 is 0. The minimum atomic E-state index is -3.44. The van der Waals surface area contributed by atoms with E-state index in [9.17, 15) is 13.2 Å². The first-order valence-electron chi connectivity index (χ1n) is 6.66. The number of carbonyl (C=O) groups excluding carboxylic acids is 1. The number of furan rings is 1. The predicted molar refractivity (Wildman–Crippen MR) is 81.9 cm³/mol. The fourth-order valence-electron chi connectivity index (χ4n) is 1.86. The average Bonchev–Trinajstić information content (AvgIpc) is 2.91. The van der Waals surface area contributed by atoms with Crippen molar-refractivity contribution in [3.05, 3.63) is 53.5 Å². The molecule has 0 aliphatic heterocycles. The van der Waals surface area contributed by atoms with Gasteiger partial charge in [0.2, 0.25) is 10.0 Å². The van der Waals surface area contributed by atoms with Gasteiger partial charge < -0.3 is 9.73 Å². The number of aryl methyl sites for hydroxylation is 1. The van der Waals surface area contributed by atoms with Crippen LogP contribution >= 0.6 is 0 Å². The third-order valence-corrected chi connectivity index (χ3v) is 5.05. The van der Waals surface area contributed by atoms with Crippen molar-refractivity contribution in [3.8, 4) is 0 Å². The van der Waals surface area contributed by atoms with Gasteiger partial charge in [0.1, 0.15) is 0 Å². The molecular formula is C15H18N2O4S. The molecule has 0 radical (unpaired) electrons. The zero-order chi connectivity index (χ0) is 16.3. The number of nitrogens with one attached hydrogen (secondary N) is 1. The van der Waals surface area contributed by atoms with Crippen LogP contribution in [-0.2, 0) is 16.6 Å². The molecule has 0 saturated carbocycles. The van der Waals surface area contributed by atoms with E-state index in [1.165, 1.54) is 32.5 Å². The third kappa shape index (κ3) is 3.37. The van der Waals surface area contributed by atoms with Crippen LogP contribution in [0, 0.1) is 6.92 Å². The molecule has 0 bridgehead atoms. The lowest BCUT2D eigenvalue weighted by molar-refractivity contribution is 0.0922. The second-order valence-electron chi connectivity index (χ2n) is 5.05. The lowest BCUT2D eigenvalue weighted by atomic mass is 10.2. The number of nitrogens with zero attached hydrogens (tertiary/aromatic N) is 1. The molecule has 0 aliphatic carbocycles. The SMILES string of the molecule is Cc1ccoc1C(=O)NCc1ccc(S(=O)(=O)N(C)C)cc1. The molecule has 1 heterocycles. The maximum atomic E-state index is 11.9. The molecule has 2 rings (SSSR count). The molecule has 118 valence electrons. The Bertz CT molecular complexity index is 761. The Kier molecular flexibility index (Phi) is 4.68. The first-order chi connectivity index (χ1) is 10.3. The average molecular weight is 322 g/mol. The molecule has 0 saturated heterocycles. The monoisotopic (exact) mass is 322 g/mol. The number of sulfonamides is 1. The van der Waals surface area contributed by atoms with Gasteiger partial charge >= 0.3 is 0 Å². The highest BCUT2D eigenvalue weighted by molar-refractivity contribution is 7.89. The smallest absolute Gasteiger partial charge is 0.287 e. The summed E-state index contributed by atoms with van der Waals surface area (Å²) in [5.74, 6) is -0.0145. The molecule has 1 aromatic carbocycles. The van der Waals surface area contributed by atoms with E-state index in [-0.39, 0.29) is 16.6 Å². The maximum absolute atomic E-state index is 11.9. The van der Waals surface area contributed by atoms with Crippen LogP contribution in [0.25, 0.3) is 0 Å². The quantitative estimate of drug-likeness (QED) is 0.910. The minimum absolute atomic E-state index is 0.217. The van der Waals surface area contributed by atoms with Gasteiger partial charge in [-0.05, 0) is 30.7 Å². The molecule has 22 heavy (non-hydrogen) atoms. The van der Waals surface area contributed by atoms with Crippen LogP contribution in [0.5, 0.6) is 0 Å². The van der Waals surface area contributed by atoms with Crippen molar-refractivity contribution < 1.29 is 17.6 Å². The van der Waals surface area contributed by atoms with Gasteiger partial charge in [-0.2, -0.15) is 0 Å². The maximum Gasteiger partial charge on any atom is 0.287 e. The van der Waals surface area contributed by atoms with Crippen molar-refractivity contribution in [2.45, 2.75) is 18.4 Å². The Labute approximate surface area is 129 Å². The van der Waals surface area contributed by atoms with Crippen LogP contribution in [0.15, 0.2) is 45.9 Å². The molecule has 0 spiro atoms. The largest absolute Gasteiger partial charge is 0.459 e. The predicted octanol–water partition coefficient (Wildman–Crippen LogP) is 1.77. The zero-order valence-corrected chi connectivity index (χ0v) is 13.5. The molecule has 0 atom stereocenters. The lowest BCUT2D eigenvalue weighted by Crippen LogP contribution is -2.23. The molecule has 0 unspecified atom stereocenters. The molecule has 0 aliphatic rings. The topological polar surface area (TPSA) is 79.6 Å². The minimum Gasteiger partial charge on any atom is -0.459 e. The van der Waals surface area contributed by atoms with Gasteiger partial charge in [0.05, 0.1) is 11.2 Å². The lowest BCUT2D eigenvalue weighted by Gasteiger charge is -2.11. The van der Waals surface area contributed by atoms with Gasteiger partial charge in [-0.15, -0.1) is 0 Å². The summed E-state index contributed by atoms with van der Waals surface area (Å²) in [4.78, 5) is 12.1. The summed E-state index contributed by atoms with van der Waals surface area (Å²) in [6.45, 7) is 2.08. The molecule has 1 aromatic heterocycles. The third-order valence-electron chi connectivity index (χ3n) is 3.22. The highest BCUT2D eigenvalue weighted by Crippen LogP contribution is 2.14. The van der Waals surface area contributed by atoms with Crippen LogP contribution in [0.3, 0.4) is 0 Å². The van der Waals surface area contributed by atoms with Crippen LogP contribution in [0.2, 0.25) is 0 Å². The molecule has 1 N–H and O–H groups in total. The number of rotatable bonds is 5. The first kappa shape index (κ1) is 16.3. The van der Waals surface area contributed by atoms with Gasteiger partial charge in [0, 0.05) is 26.2 Å². The highest BCUT2D eigenvalue weighted by atomic mass is 32.2. The van der Waals surface area contributed by atoms with E-state index in [1.54, 1.807) is 25.1 Å². The molecule has 6 nitrogen and oxygen atoms in total. The Morgan fingerprint density at radius 3 is 2.32 bits per heavy atom. The van der Waals surface area contributed by atoms with Gasteiger partial charge in [0.25, 0.3) is 5.91 Å². The Hall–Kier alpha value is -2.12. The molecule has 7 heteroatoms. The summed E-state index contributed by atoms with van der Waals surface area (Å²) in [6, 6.07) is 8.11. The van der Waals surface area contributed by atoms with E-state index in [0.717, 1.165) is 15.4 Å². The highest BCUT2D eigenvalue weighted by Gasteiger charge is 2.17. The normalized spacial score (nSPS) is 11.6. The Morgan fingerprint density at radius 2 is 1.82 bits per heavy atom. The summed E-state index contributed by atoms with van der Waals surface area (Å²) in [5, 5.41) is 2.73. The zero-order valence-electron chi connectivity index (χ0n) is 12.7. The molecular weight excluding hydrogens is 304 g/mol. The van der Waals surface area contributed by atoms with E-state index >= 15 is 0 Å². The van der Waals surface area contributed by atoms with Gasteiger partial charge in [-0.1, -0.05) is 12.1 Å². The van der Waals surface area contributed by atoms with Crippen LogP contribution in [-0.4, -0.2) is 32.7 Å². The molecule has 2 aromatic rings. The van der Waals surface area contributed by atoms with Crippen molar-refractivity contribution in [1.82, 2.24) is 9.62 Å². The van der Waals surface area contributed by atoms with Crippen molar-refractivity contribution in [3.63, 3.8) is 0 Å². The van der Waals surface area contributed by atoms with Crippen LogP contribution < -0.4 is 5.32 Å². The van der Waals surface area contributed by atoms with E-state index < -0.39 is 10.0 Å². The number of benzene rings is 1. The molecule has 1 amide bonds. The Morgan fingerprint density at radius 1 is 1.18 bits per heavy atom. The van der Waals surface area contributed by atoms with E-state index in [4.69, 9.17) is 4.42 Å². The number of hydrogen-bond donors (Lipinski definition) is 1. The van der Waals surface area contributed by atoms with Crippen LogP contribution in [0.1, 0.15) is 21.7 Å². The second kappa shape index (κ2) is 6.33. The van der Waals surface area contributed by atoms with Crippen molar-refractivity contribution in [2.75, 3.05) is 14.1 Å². The fraction of sp³-hybridized carbons (Fsp3) is 0.267. The van der Waals surface area contributed by atoms with E-state index in [2.05, 4.69) is 5.32 Å². The summed E-state index contributed by atoms with van der Waals surface area (Å²) in [5.41, 5.74) is 1.57. The van der Waals surface area contributed by atoms with Crippen molar-refractivity contribution in [1.29, 1.82) is 0 Å². The summed E-state index contributed by atoms with van der Waals surface area (Å²) in [7, 11) is -0.472. The fourth-order valence-corrected chi connectivity index (χ4v) is 2.76. The van der Waals surface area contributed by atoms with Gasteiger partial charge in [0.15, 0.2) is 5.76 Å². The van der Waals surface area contributed by atoms with Crippen LogP contribution in [0.4, 0.5) is 0 Å². The van der Waals surface area contributed by atoms with Gasteiger partial charge in [-0.25, -0.2) is 12.7 Å². The number of hydrogen-bond acceptors (Lipinski definition) is 4. The van der Waals surface area contributed by atoms with E-state index in [0.29, 0.717) is 6.54 Å².